The zero-order valence-corrected chi connectivity index (χ0v) is 11.1. The molecule has 2 N–H and O–H groups in total. The summed E-state index contributed by atoms with van der Waals surface area (Å²) in [6, 6.07) is 10.5. The predicted octanol–water partition coefficient (Wildman–Crippen LogP) is 3.94. The quantitative estimate of drug-likeness (QED) is 0.788. The molecule has 2 heteroatoms. The second-order valence-corrected chi connectivity index (χ2v) is 2.91. The van der Waals surface area contributed by atoms with Gasteiger partial charge >= 0.3 is 0 Å². The maximum atomic E-state index is 3.33. The van der Waals surface area contributed by atoms with Crippen LogP contribution < -0.4 is 5.32 Å². The molecule has 16 heavy (non-hydrogen) atoms. The Balaban J connectivity index is 0.000000509. The first-order chi connectivity index (χ1) is 7.90. The highest BCUT2D eigenvalue weighted by Crippen LogP contribution is 2.13. The summed E-state index contributed by atoms with van der Waals surface area (Å²) in [5.41, 5.74) is 2.45. The van der Waals surface area contributed by atoms with E-state index >= 15 is 0 Å². The third kappa shape index (κ3) is 4.07. The van der Waals surface area contributed by atoms with Crippen molar-refractivity contribution >= 4 is 10.9 Å². The molecule has 0 unspecified atom stereocenters. The zero-order valence-electron chi connectivity index (χ0n) is 11.1. The van der Waals surface area contributed by atoms with Gasteiger partial charge in [-0.05, 0) is 24.6 Å². The summed E-state index contributed by atoms with van der Waals surface area (Å²) in [7, 11) is 1.95. The van der Waals surface area contributed by atoms with Gasteiger partial charge in [0.2, 0.25) is 0 Å². The van der Waals surface area contributed by atoms with Gasteiger partial charge in [-0.3, -0.25) is 0 Å². The Labute approximate surface area is 99.1 Å². The van der Waals surface area contributed by atoms with Crippen molar-refractivity contribution in [1.29, 1.82) is 0 Å². The fraction of sp³-hybridized carbons (Fsp3) is 0.429. The lowest BCUT2D eigenvalue weighted by Gasteiger charge is -1.91. The van der Waals surface area contributed by atoms with Crippen LogP contribution in [0, 0.1) is 0 Å². The van der Waals surface area contributed by atoms with Crippen LogP contribution in [0.5, 0.6) is 0 Å². The second kappa shape index (κ2) is 8.98. The number of hydrogen-bond donors (Lipinski definition) is 2. The Bertz CT molecular complexity index is 344. The van der Waals surface area contributed by atoms with E-state index < -0.39 is 0 Å². The standard InChI is InChI=1S/C10H12N2.2C2H6/c1-11-7-9-6-8-4-2-3-5-10(8)12-9;2*1-2/h2-6,11-12H,7H2,1H3;2*1-2H3. The van der Waals surface area contributed by atoms with E-state index in [1.807, 2.05) is 40.8 Å². The smallest absolute Gasteiger partial charge is 0.0456 e. The summed E-state index contributed by atoms with van der Waals surface area (Å²) < 4.78 is 0. The highest BCUT2D eigenvalue weighted by Gasteiger charge is 1.96. The van der Waals surface area contributed by atoms with Crippen molar-refractivity contribution in [3.05, 3.63) is 36.0 Å². The van der Waals surface area contributed by atoms with E-state index in [4.69, 9.17) is 0 Å². The number of hydrogen-bond acceptors (Lipinski definition) is 1. The van der Waals surface area contributed by atoms with Crippen LogP contribution in [0.15, 0.2) is 30.3 Å². The zero-order chi connectivity index (χ0) is 12.4. The third-order valence-electron chi connectivity index (χ3n) is 1.95. The van der Waals surface area contributed by atoms with Crippen LogP contribution in [-0.2, 0) is 6.54 Å². The minimum Gasteiger partial charge on any atom is -0.357 e. The minimum absolute atomic E-state index is 0.898. The fourth-order valence-electron chi connectivity index (χ4n) is 1.42. The van der Waals surface area contributed by atoms with E-state index in [9.17, 15) is 0 Å². The van der Waals surface area contributed by atoms with Gasteiger partial charge in [0.25, 0.3) is 0 Å². The molecule has 1 aromatic carbocycles. The molecule has 0 fully saturated rings. The van der Waals surface area contributed by atoms with Crippen LogP contribution in [-0.4, -0.2) is 12.0 Å². The number of para-hydroxylation sites is 1. The highest BCUT2D eigenvalue weighted by molar-refractivity contribution is 5.80. The Morgan fingerprint density at radius 1 is 1.06 bits per heavy atom. The number of aromatic amines is 1. The summed E-state index contributed by atoms with van der Waals surface area (Å²) in [6.07, 6.45) is 0. The molecule has 2 aromatic rings. The second-order valence-electron chi connectivity index (χ2n) is 2.91. The molecule has 2 rings (SSSR count). The molecule has 0 spiro atoms. The summed E-state index contributed by atoms with van der Waals surface area (Å²) in [5, 5.41) is 4.39. The molecule has 0 saturated carbocycles. The molecule has 90 valence electrons. The van der Waals surface area contributed by atoms with Gasteiger partial charge in [-0.15, -0.1) is 0 Å². The van der Waals surface area contributed by atoms with Gasteiger partial charge in [0.15, 0.2) is 0 Å². The average molecular weight is 220 g/mol. The van der Waals surface area contributed by atoms with E-state index in [1.165, 1.54) is 16.6 Å². The summed E-state index contributed by atoms with van der Waals surface area (Å²) in [5.74, 6) is 0. The van der Waals surface area contributed by atoms with E-state index in [0.29, 0.717) is 0 Å². The van der Waals surface area contributed by atoms with Gasteiger partial charge in [-0.25, -0.2) is 0 Å². The topological polar surface area (TPSA) is 27.8 Å². The van der Waals surface area contributed by atoms with Crippen LogP contribution in [0.25, 0.3) is 10.9 Å². The van der Waals surface area contributed by atoms with E-state index in [0.717, 1.165) is 6.54 Å². The molecule has 0 bridgehead atoms. The molecule has 0 amide bonds. The molecular weight excluding hydrogens is 196 g/mol. The van der Waals surface area contributed by atoms with Crippen molar-refractivity contribution in [2.45, 2.75) is 34.2 Å². The summed E-state index contributed by atoms with van der Waals surface area (Å²) in [6.45, 7) is 8.90. The van der Waals surface area contributed by atoms with Gasteiger partial charge in [0, 0.05) is 17.8 Å². The summed E-state index contributed by atoms with van der Waals surface area (Å²) in [4.78, 5) is 3.33. The van der Waals surface area contributed by atoms with Gasteiger partial charge in [-0.2, -0.15) is 0 Å². The third-order valence-corrected chi connectivity index (χ3v) is 1.95. The number of nitrogens with one attached hydrogen (secondary N) is 2. The molecule has 0 aliphatic heterocycles. The largest absolute Gasteiger partial charge is 0.357 e. The molecule has 2 nitrogen and oxygen atoms in total. The Morgan fingerprint density at radius 3 is 2.25 bits per heavy atom. The SMILES string of the molecule is CC.CC.CNCc1cc2ccccc2[nH]1. The lowest BCUT2D eigenvalue weighted by molar-refractivity contribution is 0.800. The number of fused-ring (bicyclic) bond motifs is 1. The molecule has 0 atom stereocenters. The van der Waals surface area contributed by atoms with Crippen LogP contribution >= 0.6 is 0 Å². The fourth-order valence-corrected chi connectivity index (χ4v) is 1.42. The van der Waals surface area contributed by atoms with Crippen molar-refractivity contribution in [3.63, 3.8) is 0 Å². The Kier molecular flexibility index (Phi) is 8.26. The van der Waals surface area contributed by atoms with Crippen molar-refractivity contribution in [2.75, 3.05) is 7.05 Å². The molecule has 1 aromatic heterocycles. The predicted molar refractivity (Wildman–Crippen MR) is 73.8 cm³/mol. The van der Waals surface area contributed by atoms with Gasteiger partial charge < -0.3 is 10.3 Å². The Morgan fingerprint density at radius 2 is 1.69 bits per heavy atom. The van der Waals surface area contributed by atoms with E-state index in [-0.39, 0.29) is 0 Å². The molecule has 0 aliphatic carbocycles. The maximum Gasteiger partial charge on any atom is 0.0456 e. The van der Waals surface area contributed by atoms with E-state index in [2.05, 4.69) is 34.6 Å². The number of aromatic nitrogens is 1. The van der Waals surface area contributed by atoms with Crippen molar-refractivity contribution < 1.29 is 0 Å². The normalized spacial score (nSPS) is 8.81. The van der Waals surface area contributed by atoms with Crippen molar-refractivity contribution in [3.8, 4) is 0 Å². The maximum absolute atomic E-state index is 3.33. The molecule has 0 aliphatic rings. The molecule has 0 radical (unpaired) electrons. The van der Waals surface area contributed by atoms with Crippen LogP contribution in [0.3, 0.4) is 0 Å². The average Bonchev–Trinajstić information content (AvgIpc) is 2.77. The highest BCUT2D eigenvalue weighted by atomic mass is 14.9. The first-order valence-electron chi connectivity index (χ1n) is 6.11. The lowest BCUT2D eigenvalue weighted by atomic mass is 10.2. The number of benzene rings is 1. The van der Waals surface area contributed by atoms with Crippen LogP contribution in [0.1, 0.15) is 33.4 Å². The van der Waals surface area contributed by atoms with Crippen molar-refractivity contribution in [2.24, 2.45) is 0 Å². The Hall–Kier alpha value is -1.28. The van der Waals surface area contributed by atoms with E-state index in [1.54, 1.807) is 0 Å². The monoisotopic (exact) mass is 220 g/mol. The minimum atomic E-state index is 0.898. The van der Waals surface area contributed by atoms with Gasteiger partial charge in [0.1, 0.15) is 0 Å². The van der Waals surface area contributed by atoms with Gasteiger partial charge in [-0.1, -0.05) is 45.9 Å². The first kappa shape index (κ1) is 14.7. The van der Waals surface area contributed by atoms with Crippen LogP contribution in [0.2, 0.25) is 0 Å². The molecule has 0 saturated heterocycles. The van der Waals surface area contributed by atoms with Gasteiger partial charge in [0.05, 0.1) is 0 Å². The first-order valence-corrected chi connectivity index (χ1v) is 6.11. The molecule has 1 heterocycles. The number of H-pyrrole nitrogens is 1. The lowest BCUT2D eigenvalue weighted by Crippen LogP contribution is -2.04. The van der Waals surface area contributed by atoms with Crippen molar-refractivity contribution in [1.82, 2.24) is 10.3 Å². The van der Waals surface area contributed by atoms with Crippen LogP contribution in [0.4, 0.5) is 0 Å². The molecular formula is C14H24N2. The number of rotatable bonds is 2. The summed E-state index contributed by atoms with van der Waals surface area (Å²) >= 11 is 0.